The van der Waals surface area contributed by atoms with E-state index in [9.17, 15) is 4.79 Å². The Morgan fingerprint density at radius 2 is 2.54 bits per heavy atom. The van der Waals surface area contributed by atoms with Gasteiger partial charge >= 0.3 is 0 Å². The third-order valence-corrected chi connectivity index (χ3v) is 2.41. The second-order valence-corrected chi connectivity index (χ2v) is 4.09. The minimum Gasteiger partial charge on any atom is -0.350 e. The second kappa shape index (κ2) is 4.85. The first-order valence-electron chi connectivity index (χ1n) is 3.73. The molecule has 0 unspecified atom stereocenters. The molecule has 0 aromatic carbocycles. The molecule has 0 aliphatic heterocycles. The Kier molecular flexibility index (Phi) is 4.04. The highest BCUT2D eigenvalue weighted by atomic mass is 127. The van der Waals surface area contributed by atoms with E-state index in [1.807, 2.05) is 0 Å². The van der Waals surface area contributed by atoms with Gasteiger partial charge < -0.3 is 5.32 Å². The van der Waals surface area contributed by atoms with Crippen molar-refractivity contribution in [3.05, 3.63) is 15.5 Å². The van der Waals surface area contributed by atoms with Crippen molar-refractivity contribution in [2.75, 3.05) is 12.3 Å². The van der Waals surface area contributed by atoms with E-state index in [1.54, 1.807) is 17.9 Å². The first-order chi connectivity index (χ1) is 6.15. The molecule has 0 aliphatic rings. The molecule has 1 N–H and O–H groups in total. The van der Waals surface area contributed by atoms with Crippen LogP contribution < -0.4 is 5.32 Å². The van der Waals surface area contributed by atoms with Crippen molar-refractivity contribution in [1.29, 1.82) is 0 Å². The standard InChI is InChI=1S/C7H10IN3OS/c1-11-4-5(8)6(10-11)7(12)9-2-3-13/h4,13H,2-3H2,1H3,(H,9,12). The lowest BCUT2D eigenvalue weighted by molar-refractivity contribution is 0.0949. The molecule has 0 saturated carbocycles. The van der Waals surface area contributed by atoms with E-state index >= 15 is 0 Å². The van der Waals surface area contributed by atoms with Crippen molar-refractivity contribution >= 4 is 41.1 Å². The lowest BCUT2D eigenvalue weighted by Gasteiger charge is -1.99. The van der Waals surface area contributed by atoms with Crippen molar-refractivity contribution in [3.63, 3.8) is 0 Å². The van der Waals surface area contributed by atoms with Crippen LogP contribution in [0.25, 0.3) is 0 Å². The number of aryl methyl sites for hydroxylation is 1. The number of amides is 1. The maximum atomic E-state index is 11.4. The smallest absolute Gasteiger partial charge is 0.272 e. The summed E-state index contributed by atoms with van der Waals surface area (Å²) in [5.41, 5.74) is 0.477. The van der Waals surface area contributed by atoms with Crippen LogP contribution in [0.1, 0.15) is 10.5 Å². The lowest BCUT2D eigenvalue weighted by Crippen LogP contribution is -2.26. The van der Waals surface area contributed by atoms with Gasteiger partial charge in [0.1, 0.15) is 0 Å². The molecule has 1 heterocycles. The van der Waals surface area contributed by atoms with Crippen molar-refractivity contribution in [2.24, 2.45) is 7.05 Å². The Labute approximate surface area is 95.6 Å². The predicted molar refractivity (Wildman–Crippen MR) is 62.1 cm³/mol. The molecule has 0 spiro atoms. The van der Waals surface area contributed by atoms with Crippen molar-refractivity contribution in [3.8, 4) is 0 Å². The highest BCUT2D eigenvalue weighted by Crippen LogP contribution is 2.08. The Hall–Kier alpha value is -0.240. The number of halogens is 1. The first-order valence-corrected chi connectivity index (χ1v) is 5.44. The number of rotatable bonds is 3. The van der Waals surface area contributed by atoms with Crippen LogP contribution in [0.3, 0.4) is 0 Å². The number of aromatic nitrogens is 2. The van der Waals surface area contributed by atoms with E-state index in [1.165, 1.54) is 0 Å². The fourth-order valence-corrected chi connectivity index (χ4v) is 1.73. The van der Waals surface area contributed by atoms with Crippen LogP contribution in [0.2, 0.25) is 0 Å². The molecule has 0 fully saturated rings. The molecule has 1 rings (SSSR count). The van der Waals surface area contributed by atoms with Crippen molar-refractivity contribution in [1.82, 2.24) is 15.1 Å². The number of hydrogen-bond donors (Lipinski definition) is 2. The number of nitrogens with zero attached hydrogens (tertiary/aromatic N) is 2. The van der Waals surface area contributed by atoms with Gasteiger partial charge in [0.2, 0.25) is 0 Å². The van der Waals surface area contributed by atoms with Gasteiger partial charge in [-0.2, -0.15) is 17.7 Å². The monoisotopic (exact) mass is 311 g/mol. The summed E-state index contributed by atoms with van der Waals surface area (Å²) in [6.07, 6.45) is 1.80. The van der Waals surface area contributed by atoms with Gasteiger partial charge in [-0.15, -0.1) is 0 Å². The fourth-order valence-electron chi connectivity index (χ4n) is 0.867. The summed E-state index contributed by atoms with van der Waals surface area (Å²) in [4.78, 5) is 11.4. The molecule has 6 heteroatoms. The van der Waals surface area contributed by atoms with E-state index < -0.39 is 0 Å². The van der Waals surface area contributed by atoms with Crippen LogP contribution in [0, 0.1) is 3.57 Å². The van der Waals surface area contributed by atoms with Crippen molar-refractivity contribution in [2.45, 2.75) is 0 Å². The number of hydrogen-bond acceptors (Lipinski definition) is 3. The Morgan fingerprint density at radius 3 is 3.00 bits per heavy atom. The maximum absolute atomic E-state index is 11.4. The van der Waals surface area contributed by atoms with E-state index in [-0.39, 0.29) is 5.91 Å². The Bertz CT molecular complexity index is 313. The van der Waals surface area contributed by atoms with E-state index in [2.05, 4.69) is 45.6 Å². The van der Waals surface area contributed by atoms with Gasteiger partial charge in [-0.3, -0.25) is 9.48 Å². The molecule has 0 atom stereocenters. The zero-order chi connectivity index (χ0) is 9.84. The average molecular weight is 311 g/mol. The quantitative estimate of drug-likeness (QED) is 0.637. The Balaban J connectivity index is 2.70. The predicted octanol–water partition coefficient (Wildman–Crippen LogP) is 0.684. The molecular formula is C7H10IN3OS. The fraction of sp³-hybridized carbons (Fsp3) is 0.429. The van der Waals surface area contributed by atoms with Crippen LogP contribution in [0.5, 0.6) is 0 Å². The zero-order valence-electron chi connectivity index (χ0n) is 7.12. The topological polar surface area (TPSA) is 46.9 Å². The van der Waals surface area contributed by atoms with Gasteiger partial charge in [-0.1, -0.05) is 0 Å². The van der Waals surface area contributed by atoms with Crippen LogP contribution in [0.15, 0.2) is 6.20 Å². The third kappa shape index (κ3) is 2.87. The summed E-state index contributed by atoms with van der Waals surface area (Å²) < 4.78 is 2.48. The SMILES string of the molecule is Cn1cc(I)c(C(=O)NCCS)n1. The number of thiol groups is 1. The molecule has 0 saturated heterocycles. The van der Waals surface area contributed by atoms with Gasteiger partial charge in [-0.05, 0) is 22.6 Å². The number of nitrogens with one attached hydrogen (secondary N) is 1. The molecule has 13 heavy (non-hydrogen) atoms. The van der Waals surface area contributed by atoms with Crippen LogP contribution in [-0.2, 0) is 7.05 Å². The van der Waals surface area contributed by atoms with Crippen LogP contribution in [0.4, 0.5) is 0 Å². The van der Waals surface area contributed by atoms with Gasteiger partial charge in [0.15, 0.2) is 5.69 Å². The Morgan fingerprint density at radius 1 is 1.85 bits per heavy atom. The third-order valence-electron chi connectivity index (χ3n) is 1.40. The van der Waals surface area contributed by atoms with E-state index in [0.29, 0.717) is 18.0 Å². The molecule has 0 bridgehead atoms. The van der Waals surface area contributed by atoms with Crippen LogP contribution >= 0.6 is 35.2 Å². The normalized spacial score (nSPS) is 10.1. The number of carbonyl (C=O) groups excluding carboxylic acids is 1. The molecule has 1 amide bonds. The molecular weight excluding hydrogens is 301 g/mol. The van der Waals surface area contributed by atoms with Gasteiger partial charge in [-0.25, -0.2) is 0 Å². The minimum atomic E-state index is -0.140. The lowest BCUT2D eigenvalue weighted by atomic mass is 10.4. The zero-order valence-corrected chi connectivity index (χ0v) is 10.2. The molecule has 0 radical (unpaired) electrons. The summed E-state index contributed by atoms with van der Waals surface area (Å²) in [5.74, 6) is 0.494. The van der Waals surface area contributed by atoms with Crippen LogP contribution in [-0.4, -0.2) is 28.0 Å². The minimum absolute atomic E-state index is 0.140. The molecule has 4 nitrogen and oxygen atoms in total. The molecule has 1 aromatic rings. The first kappa shape index (κ1) is 10.8. The van der Waals surface area contributed by atoms with Gasteiger partial charge in [0, 0.05) is 25.5 Å². The number of carbonyl (C=O) groups is 1. The summed E-state index contributed by atoms with van der Waals surface area (Å²) in [6.45, 7) is 0.564. The van der Waals surface area contributed by atoms with Gasteiger partial charge in [0.25, 0.3) is 5.91 Å². The summed E-state index contributed by atoms with van der Waals surface area (Å²) in [5, 5.41) is 6.74. The largest absolute Gasteiger partial charge is 0.350 e. The maximum Gasteiger partial charge on any atom is 0.272 e. The molecule has 72 valence electrons. The highest BCUT2D eigenvalue weighted by molar-refractivity contribution is 14.1. The summed E-state index contributed by atoms with van der Waals surface area (Å²) in [7, 11) is 1.79. The van der Waals surface area contributed by atoms with Crippen molar-refractivity contribution < 1.29 is 4.79 Å². The average Bonchev–Trinajstić information content (AvgIpc) is 2.41. The second-order valence-electron chi connectivity index (χ2n) is 2.48. The van der Waals surface area contributed by atoms with E-state index in [4.69, 9.17) is 0 Å². The summed E-state index contributed by atoms with van der Waals surface area (Å²) in [6, 6.07) is 0. The highest BCUT2D eigenvalue weighted by Gasteiger charge is 2.12. The molecule has 1 aromatic heterocycles. The van der Waals surface area contributed by atoms with Gasteiger partial charge in [0.05, 0.1) is 3.57 Å². The van der Waals surface area contributed by atoms with E-state index in [0.717, 1.165) is 3.57 Å². The summed E-state index contributed by atoms with van der Waals surface area (Å²) >= 11 is 6.08. The molecule has 0 aliphatic carbocycles.